The molecule has 0 atom stereocenters. The Bertz CT molecular complexity index is 1130. The Morgan fingerprint density at radius 2 is 1.83 bits per heavy atom. The number of imidazole rings is 1. The molecule has 0 aliphatic carbocycles. The van der Waals surface area contributed by atoms with Crippen molar-refractivity contribution in [3.05, 3.63) is 78.6 Å². The second kappa shape index (κ2) is 7.56. The zero-order valence-electron chi connectivity index (χ0n) is 16.1. The molecular weight excluding hydrogens is 362 g/mol. The fraction of sp³-hybridized carbons (Fsp3) is 0.217. The molecule has 6 nitrogen and oxygen atoms in total. The largest absolute Gasteiger partial charge is 0.347 e. The Morgan fingerprint density at radius 3 is 2.66 bits per heavy atom. The minimum absolute atomic E-state index is 0.0952. The number of piperazine rings is 1. The van der Waals surface area contributed by atoms with Crippen LogP contribution < -0.4 is 5.32 Å². The van der Waals surface area contributed by atoms with Crippen LogP contribution in [-0.4, -0.2) is 51.5 Å². The molecule has 1 aliphatic rings. The van der Waals surface area contributed by atoms with Gasteiger partial charge in [-0.05, 0) is 16.3 Å². The lowest BCUT2D eigenvalue weighted by Crippen LogP contribution is -2.46. The van der Waals surface area contributed by atoms with Gasteiger partial charge >= 0.3 is 0 Å². The second-order valence-corrected chi connectivity index (χ2v) is 7.40. The molecular formula is C23H23N5O. The number of hydrogen-bond acceptors (Lipinski definition) is 3. The lowest BCUT2D eigenvalue weighted by atomic mass is 9.97. The number of fused-ring (bicyclic) bond motifs is 1. The van der Waals surface area contributed by atoms with E-state index in [4.69, 9.17) is 0 Å². The molecule has 3 heterocycles. The van der Waals surface area contributed by atoms with Crippen molar-refractivity contribution >= 4 is 16.7 Å². The van der Waals surface area contributed by atoms with Crippen LogP contribution in [0.15, 0.2) is 67.4 Å². The fourth-order valence-corrected chi connectivity index (χ4v) is 4.05. The summed E-state index contributed by atoms with van der Waals surface area (Å²) in [6.07, 6.45) is 7.55. The molecule has 6 heteroatoms. The van der Waals surface area contributed by atoms with Gasteiger partial charge in [-0.25, -0.2) is 4.98 Å². The van der Waals surface area contributed by atoms with E-state index in [1.54, 1.807) is 6.33 Å². The number of nitrogens with zero attached hydrogens (tertiary/aromatic N) is 3. The number of hydrogen-bond donors (Lipinski definition) is 2. The lowest BCUT2D eigenvalue weighted by Gasteiger charge is -2.27. The highest BCUT2D eigenvalue weighted by Crippen LogP contribution is 2.32. The monoisotopic (exact) mass is 385 g/mol. The van der Waals surface area contributed by atoms with E-state index < -0.39 is 0 Å². The van der Waals surface area contributed by atoms with E-state index in [0.717, 1.165) is 53.9 Å². The smallest absolute Gasteiger partial charge is 0.256 e. The first-order valence-corrected chi connectivity index (χ1v) is 9.95. The van der Waals surface area contributed by atoms with Gasteiger partial charge in [0.2, 0.25) is 0 Å². The summed E-state index contributed by atoms with van der Waals surface area (Å²) in [6.45, 7) is 3.79. The highest BCUT2D eigenvalue weighted by atomic mass is 16.2. The Hall–Kier alpha value is -3.38. The quantitative estimate of drug-likeness (QED) is 0.567. The molecule has 0 unspecified atom stereocenters. The summed E-state index contributed by atoms with van der Waals surface area (Å²) in [5, 5.41) is 5.65. The topological polar surface area (TPSA) is 66.0 Å². The third-order valence-electron chi connectivity index (χ3n) is 5.50. The van der Waals surface area contributed by atoms with Crippen LogP contribution >= 0.6 is 0 Å². The zero-order chi connectivity index (χ0) is 19.6. The van der Waals surface area contributed by atoms with Gasteiger partial charge in [0, 0.05) is 50.3 Å². The standard InChI is InChI=1S/C23H23N5O/c29-23(28-10-8-24-9-11-28)22-15-27(13-18-12-25-16-26-18)14-21(22)20-7-3-5-17-4-1-2-6-19(17)20/h1-7,12,14-16,24H,8-11,13H2,(H,25,26). The molecule has 0 spiro atoms. The van der Waals surface area contributed by atoms with Crippen molar-refractivity contribution in [3.8, 4) is 11.1 Å². The van der Waals surface area contributed by atoms with Crippen LogP contribution in [0.25, 0.3) is 21.9 Å². The molecule has 1 aliphatic heterocycles. The van der Waals surface area contributed by atoms with Crippen molar-refractivity contribution in [2.45, 2.75) is 6.54 Å². The molecule has 29 heavy (non-hydrogen) atoms. The number of aromatic nitrogens is 3. The Kier molecular flexibility index (Phi) is 4.62. The summed E-state index contributed by atoms with van der Waals surface area (Å²) in [5.41, 5.74) is 3.82. The normalized spacial score (nSPS) is 14.4. The minimum atomic E-state index is 0.0952. The van der Waals surface area contributed by atoms with E-state index in [1.165, 1.54) is 5.39 Å². The van der Waals surface area contributed by atoms with Gasteiger partial charge in [0.05, 0.1) is 24.1 Å². The predicted molar refractivity (Wildman–Crippen MR) is 114 cm³/mol. The van der Waals surface area contributed by atoms with Crippen molar-refractivity contribution in [2.24, 2.45) is 0 Å². The number of carbonyl (C=O) groups is 1. The highest BCUT2D eigenvalue weighted by Gasteiger charge is 2.23. The number of benzene rings is 2. The fourth-order valence-electron chi connectivity index (χ4n) is 4.05. The van der Waals surface area contributed by atoms with Gasteiger partial charge in [-0.2, -0.15) is 0 Å². The molecule has 0 bridgehead atoms. The van der Waals surface area contributed by atoms with Gasteiger partial charge in [0.15, 0.2) is 0 Å². The molecule has 2 aromatic carbocycles. The average Bonchev–Trinajstić information content (AvgIpc) is 3.44. The van der Waals surface area contributed by atoms with Crippen LogP contribution in [0, 0.1) is 0 Å². The maximum Gasteiger partial charge on any atom is 0.256 e. The van der Waals surface area contributed by atoms with Gasteiger partial charge in [-0.3, -0.25) is 4.79 Å². The summed E-state index contributed by atoms with van der Waals surface area (Å²) in [5.74, 6) is 0.0952. The van der Waals surface area contributed by atoms with E-state index in [1.807, 2.05) is 29.4 Å². The van der Waals surface area contributed by atoms with Gasteiger partial charge in [-0.1, -0.05) is 42.5 Å². The number of rotatable bonds is 4. The predicted octanol–water partition coefficient (Wildman–Crippen LogP) is 3.13. The SMILES string of the molecule is O=C(c1cn(Cc2cnc[nH]2)cc1-c1cccc2ccccc12)N1CCNCC1. The van der Waals surface area contributed by atoms with Gasteiger partial charge < -0.3 is 19.8 Å². The Labute approximate surface area is 169 Å². The maximum absolute atomic E-state index is 13.4. The number of aromatic amines is 1. The number of nitrogens with one attached hydrogen (secondary N) is 2. The first kappa shape index (κ1) is 17.7. The van der Waals surface area contributed by atoms with Gasteiger partial charge in [0.1, 0.15) is 0 Å². The zero-order valence-corrected chi connectivity index (χ0v) is 16.1. The molecule has 1 amide bonds. The first-order chi connectivity index (χ1) is 14.3. The van der Waals surface area contributed by atoms with Crippen molar-refractivity contribution < 1.29 is 4.79 Å². The average molecular weight is 385 g/mol. The van der Waals surface area contributed by atoms with Crippen molar-refractivity contribution in [1.82, 2.24) is 24.8 Å². The van der Waals surface area contributed by atoms with E-state index >= 15 is 0 Å². The van der Waals surface area contributed by atoms with Crippen LogP contribution in [0.1, 0.15) is 16.1 Å². The van der Waals surface area contributed by atoms with E-state index in [9.17, 15) is 4.79 Å². The van der Waals surface area contributed by atoms with Crippen molar-refractivity contribution in [1.29, 1.82) is 0 Å². The molecule has 1 fully saturated rings. The summed E-state index contributed by atoms with van der Waals surface area (Å²) in [4.78, 5) is 22.6. The third kappa shape index (κ3) is 3.43. The summed E-state index contributed by atoms with van der Waals surface area (Å²) in [6, 6.07) is 14.6. The van der Waals surface area contributed by atoms with Crippen molar-refractivity contribution in [2.75, 3.05) is 26.2 Å². The van der Waals surface area contributed by atoms with E-state index in [-0.39, 0.29) is 5.91 Å². The van der Waals surface area contributed by atoms with Crippen molar-refractivity contribution in [3.63, 3.8) is 0 Å². The van der Waals surface area contributed by atoms with Crippen LogP contribution in [0.4, 0.5) is 0 Å². The van der Waals surface area contributed by atoms with Crippen LogP contribution in [0.2, 0.25) is 0 Å². The molecule has 2 N–H and O–H groups in total. The van der Waals surface area contributed by atoms with Crippen LogP contribution in [0.5, 0.6) is 0 Å². The van der Waals surface area contributed by atoms with Crippen LogP contribution in [-0.2, 0) is 6.54 Å². The number of carbonyl (C=O) groups excluding carboxylic acids is 1. The Morgan fingerprint density at radius 1 is 1.00 bits per heavy atom. The molecule has 146 valence electrons. The van der Waals surface area contributed by atoms with E-state index in [2.05, 4.69) is 56.4 Å². The molecule has 5 rings (SSSR count). The van der Waals surface area contributed by atoms with Crippen LogP contribution in [0.3, 0.4) is 0 Å². The molecule has 4 aromatic rings. The summed E-state index contributed by atoms with van der Waals surface area (Å²) < 4.78 is 2.07. The van der Waals surface area contributed by atoms with Gasteiger partial charge in [-0.15, -0.1) is 0 Å². The Balaban J connectivity index is 1.62. The minimum Gasteiger partial charge on any atom is -0.347 e. The molecule has 1 saturated heterocycles. The third-order valence-corrected chi connectivity index (χ3v) is 5.50. The van der Waals surface area contributed by atoms with Gasteiger partial charge in [0.25, 0.3) is 5.91 Å². The summed E-state index contributed by atoms with van der Waals surface area (Å²) in [7, 11) is 0. The second-order valence-electron chi connectivity index (χ2n) is 7.40. The lowest BCUT2D eigenvalue weighted by molar-refractivity contribution is 0.0736. The number of amides is 1. The molecule has 0 saturated carbocycles. The summed E-state index contributed by atoms with van der Waals surface area (Å²) >= 11 is 0. The first-order valence-electron chi connectivity index (χ1n) is 9.95. The molecule has 0 radical (unpaired) electrons. The van der Waals surface area contributed by atoms with E-state index in [0.29, 0.717) is 6.54 Å². The number of H-pyrrole nitrogens is 1. The highest BCUT2D eigenvalue weighted by molar-refractivity contribution is 6.06. The maximum atomic E-state index is 13.4. The molecule has 2 aromatic heterocycles.